The third-order valence-electron chi connectivity index (χ3n) is 5.12. The van der Waals surface area contributed by atoms with E-state index in [0.29, 0.717) is 18.8 Å². The van der Waals surface area contributed by atoms with Gasteiger partial charge in [-0.25, -0.2) is 0 Å². The van der Waals surface area contributed by atoms with Crippen LogP contribution < -0.4 is 4.72 Å². The quantitative estimate of drug-likeness (QED) is 0.815. The van der Waals surface area contributed by atoms with Gasteiger partial charge in [0.25, 0.3) is 10.2 Å². The topological polar surface area (TPSA) is 69.6 Å². The van der Waals surface area contributed by atoms with E-state index in [1.54, 1.807) is 7.05 Å². The van der Waals surface area contributed by atoms with Gasteiger partial charge in [-0.3, -0.25) is 0 Å². The molecule has 0 aromatic carbocycles. The zero-order chi connectivity index (χ0) is 15.5. The average Bonchev–Trinajstić information content (AvgIpc) is 2.45. The fourth-order valence-electron chi connectivity index (χ4n) is 3.76. The summed E-state index contributed by atoms with van der Waals surface area (Å²) in [5.74, 6) is 0.462. The van der Waals surface area contributed by atoms with Crippen molar-refractivity contribution in [2.75, 3.05) is 13.6 Å². The average molecular weight is 318 g/mol. The zero-order valence-corrected chi connectivity index (χ0v) is 14.2. The van der Waals surface area contributed by atoms with E-state index in [4.69, 9.17) is 0 Å². The van der Waals surface area contributed by atoms with E-state index >= 15 is 0 Å². The Labute approximate surface area is 129 Å². The molecular formula is C15H30N2O3S. The zero-order valence-electron chi connectivity index (χ0n) is 13.3. The van der Waals surface area contributed by atoms with Crippen molar-refractivity contribution < 1.29 is 13.5 Å². The van der Waals surface area contributed by atoms with Crippen LogP contribution >= 0.6 is 0 Å². The molecule has 0 spiro atoms. The minimum absolute atomic E-state index is 0.108. The first-order valence-electron chi connectivity index (χ1n) is 8.27. The highest BCUT2D eigenvalue weighted by Crippen LogP contribution is 2.32. The summed E-state index contributed by atoms with van der Waals surface area (Å²) in [6.45, 7) is 2.25. The summed E-state index contributed by atoms with van der Waals surface area (Å²) >= 11 is 0. The van der Waals surface area contributed by atoms with Crippen LogP contribution in [0.15, 0.2) is 0 Å². The number of aliphatic hydroxyl groups is 1. The lowest BCUT2D eigenvalue weighted by Gasteiger charge is -2.37. The van der Waals surface area contributed by atoms with E-state index in [-0.39, 0.29) is 12.6 Å². The minimum atomic E-state index is -3.49. The van der Waals surface area contributed by atoms with Gasteiger partial charge in [0.05, 0.1) is 5.60 Å². The first-order chi connectivity index (χ1) is 9.82. The molecule has 0 aromatic rings. The Morgan fingerprint density at radius 2 is 1.86 bits per heavy atom. The first kappa shape index (κ1) is 17.2. The molecule has 6 heteroatoms. The van der Waals surface area contributed by atoms with Crippen molar-refractivity contribution in [2.45, 2.75) is 76.4 Å². The van der Waals surface area contributed by atoms with Gasteiger partial charge in [0.15, 0.2) is 0 Å². The largest absolute Gasteiger partial charge is 0.389 e. The summed E-state index contributed by atoms with van der Waals surface area (Å²) in [6.07, 6.45) is 8.76. The lowest BCUT2D eigenvalue weighted by atomic mass is 9.79. The Balaban J connectivity index is 1.90. The molecule has 2 N–H and O–H groups in total. The summed E-state index contributed by atoms with van der Waals surface area (Å²) < 4.78 is 28.9. The number of hydrogen-bond donors (Lipinski definition) is 2. The van der Waals surface area contributed by atoms with Crippen LogP contribution in [0.25, 0.3) is 0 Å². The third kappa shape index (κ3) is 4.65. The smallest absolute Gasteiger partial charge is 0.279 e. The molecule has 0 heterocycles. The molecular weight excluding hydrogens is 288 g/mol. The van der Waals surface area contributed by atoms with E-state index in [9.17, 15) is 13.5 Å². The predicted octanol–water partition coefficient (Wildman–Crippen LogP) is 2.03. The molecule has 124 valence electrons. The van der Waals surface area contributed by atoms with Crippen LogP contribution in [0.2, 0.25) is 0 Å². The fourth-order valence-corrected chi connectivity index (χ4v) is 5.02. The van der Waals surface area contributed by atoms with Gasteiger partial charge in [-0.2, -0.15) is 17.4 Å². The summed E-state index contributed by atoms with van der Waals surface area (Å²) in [6, 6.07) is 0.108. The monoisotopic (exact) mass is 318 g/mol. The van der Waals surface area contributed by atoms with Gasteiger partial charge in [0.1, 0.15) is 0 Å². The van der Waals surface area contributed by atoms with Crippen molar-refractivity contribution in [2.24, 2.45) is 5.92 Å². The molecule has 2 fully saturated rings. The standard InChI is InChI=1S/C15H30N2O3S/c1-13-7-6-10-15(18,11-13)12-16-21(19,20)17(2)14-8-4-3-5-9-14/h13-14,16,18H,3-12H2,1-2H3. The van der Waals surface area contributed by atoms with Crippen molar-refractivity contribution in [3.63, 3.8) is 0 Å². The second-order valence-corrected chi connectivity index (χ2v) is 8.87. The molecule has 5 nitrogen and oxygen atoms in total. The molecule has 2 aliphatic rings. The predicted molar refractivity (Wildman–Crippen MR) is 84.1 cm³/mol. The van der Waals surface area contributed by atoms with Crippen LogP contribution in [0, 0.1) is 5.92 Å². The van der Waals surface area contributed by atoms with Gasteiger partial charge in [-0.15, -0.1) is 0 Å². The van der Waals surface area contributed by atoms with Crippen LogP contribution in [0.1, 0.15) is 64.7 Å². The highest BCUT2D eigenvalue weighted by atomic mass is 32.2. The molecule has 0 amide bonds. The molecule has 0 saturated heterocycles. The molecule has 2 unspecified atom stereocenters. The molecule has 2 rings (SSSR count). The summed E-state index contributed by atoms with van der Waals surface area (Å²) in [4.78, 5) is 0. The van der Waals surface area contributed by atoms with Crippen molar-refractivity contribution in [1.29, 1.82) is 0 Å². The lowest BCUT2D eigenvalue weighted by Crippen LogP contribution is -2.51. The number of nitrogens with one attached hydrogen (secondary N) is 1. The van der Waals surface area contributed by atoms with Crippen molar-refractivity contribution in [3.05, 3.63) is 0 Å². The Morgan fingerprint density at radius 3 is 2.48 bits per heavy atom. The molecule has 2 saturated carbocycles. The van der Waals surface area contributed by atoms with Gasteiger partial charge >= 0.3 is 0 Å². The van der Waals surface area contributed by atoms with Gasteiger partial charge < -0.3 is 5.11 Å². The van der Waals surface area contributed by atoms with Crippen molar-refractivity contribution in [1.82, 2.24) is 9.03 Å². The van der Waals surface area contributed by atoms with Crippen LogP contribution in [0.3, 0.4) is 0 Å². The van der Waals surface area contributed by atoms with Gasteiger partial charge in [0.2, 0.25) is 0 Å². The molecule has 2 aliphatic carbocycles. The van der Waals surface area contributed by atoms with Crippen molar-refractivity contribution in [3.8, 4) is 0 Å². The van der Waals surface area contributed by atoms with Crippen LogP contribution in [0.4, 0.5) is 0 Å². The molecule has 0 aromatic heterocycles. The van der Waals surface area contributed by atoms with Gasteiger partial charge in [-0.1, -0.05) is 39.0 Å². The number of rotatable bonds is 5. The normalized spacial score (nSPS) is 32.5. The highest BCUT2D eigenvalue weighted by Gasteiger charge is 2.35. The van der Waals surface area contributed by atoms with E-state index in [1.165, 1.54) is 10.7 Å². The Hall–Kier alpha value is -0.170. The van der Waals surface area contributed by atoms with Crippen molar-refractivity contribution >= 4 is 10.2 Å². The molecule has 0 bridgehead atoms. The molecule has 2 atom stereocenters. The Bertz CT molecular complexity index is 434. The minimum Gasteiger partial charge on any atom is -0.389 e. The maximum atomic E-state index is 12.4. The van der Waals surface area contributed by atoms with Gasteiger partial charge in [0, 0.05) is 19.6 Å². The van der Waals surface area contributed by atoms with E-state index < -0.39 is 15.8 Å². The second-order valence-electron chi connectivity index (χ2n) is 7.06. The second kappa shape index (κ2) is 6.94. The van der Waals surface area contributed by atoms with Crippen LogP contribution in [-0.2, 0) is 10.2 Å². The summed E-state index contributed by atoms with van der Waals surface area (Å²) in [5, 5.41) is 10.6. The SMILES string of the molecule is CC1CCCC(O)(CNS(=O)(=O)N(C)C2CCCCC2)C1. The Kier molecular flexibility index (Phi) is 5.68. The highest BCUT2D eigenvalue weighted by molar-refractivity contribution is 7.87. The molecule has 21 heavy (non-hydrogen) atoms. The van der Waals surface area contributed by atoms with Crippen LogP contribution in [0.5, 0.6) is 0 Å². The fraction of sp³-hybridized carbons (Fsp3) is 1.00. The summed E-state index contributed by atoms with van der Waals surface area (Å²) in [5.41, 5.74) is -0.877. The lowest BCUT2D eigenvalue weighted by molar-refractivity contribution is -0.00784. The van der Waals surface area contributed by atoms with E-state index in [1.807, 2.05) is 0 Å². The molecule has 0 radical (unpaired) electrons. The first-order valence-corrected chi connectivity index (χ1v) is 9.71. The van der Waals surface area contributed by atoms with E-state index in [0.717, 1.165) is 38.5 Å². The molecule has 0 aliphatic heterocycles. The van der Waals surface area contributed by atoms with E-state index in [2.05, 4.69) is 11.6 Å². The number of hydrogen-bond acceptors (Lipinski definition) is 3. The Morgan fingerprint density at radius 1 is 1.19 bits per heavy atom. The maximum absolute atomic E-state index is 12.4. The van der Waals surface area contributed by atoms with Crippen LogP contribution in [-0.4, -0.2) is 43.1 Å². The summed E-state index contributed by atoms with van der Waals surface area (Å²) in [7, 11) is -1.83. The maximum Gasteiger partial charge on any atom is 0.279 e. The third-order valence-corrected chi connectivity index (χ3v) is 6.68. The van der Waals surface area contributed by atoms with Gasteiger partial charge in [-0.05, 0) is 31.6 Å². The number of nitrogens with zero attached hydrogens (tertiary/aromatic N) is 1.